The van der Waals surface area contributed by atoms with Gasteiger partial charge in [0.05, 0.1) is 17.1 Å². The molecule has 0 saturated carbocycles. The van der Waals surface area contributed by atoms with Crippen LogP contribution >= 0.6 is 0 Å². The molecule has 1 atom stereocenters. The Bertz CT molecular complexity index is 1160. The number of rotatable bonds is 2. The molecule has 1 aliphatic rings. The van der Waals surface area contributed by atoms with Crippen molar-refractivity contribution in [2.45, 2.75) is 32.4 Å². The van der Waals surface area contributed by atoms with Crippen molar-refractivity contribution in [3.8, 4) is 0 Å². The van der Waals surface area contributed by atoms with E-state index in [1.807, 2.05) is 12.1 Å². The molecule has 0 saturated heterocycles. The molecule has 0 unspecified atom stereocenters. The number of para-hydroxylation sites is 4. The lowest BCUT2D eigenvalue weighted by Gasteiger charge is -2.40. The van der Waals surface area contributed by atoms with E-state index in [9.17, 15) is 0 Å². The maximum absolute atomic E-state index is 6.32. The number of hydrogen-bond acceptors (Lipinski definition) is 3. The first-order valence-corrected chi connectivity index (χ1v) is 9.55. The second-order valence-corrected chi connectivity index (χ2v) is 8.28. The molecule has 4 aromatic rings. The first-order chi connectivity index (χ1) is 13.0. The fourth-order valence-electron chi connectivity index (χ4n) is 4.56. The highest BCUT2D eigenvalue weighted by molar-refractivity contribution is 6.17. The van der Waals surface area contributed by atoms with Gasteiger partial charge in [0.25, 0.3) is 0 Å². The number of nitrogens with zero attached hydrogens (tertiary/aromatic N) is 2. The van der Waals surface area contributed by atoms with Crippen molar-refractivity contribution in [2.75, 3.05) is 9.80 Å². The fraction of sp³-hybridized carbons (Fsp3) is 0.217. The summed E-state index contributed by atoms with van der Waals surface area (Å²) < 4.78 is 6.32. The van der Waals surface area contributed by atoms with Crippen LogP contribution in [0.2, 0.25) is 0 Å². The minimum absolute atomic E-state index is 0.0199. The quantitative estimate of drug-likeness (QED) is 0.458. The zero-order valence-electron chi connectivity index (χ0n) is 16.2. The van der Waals surface area contributed by atoms with Gasteiger partial charge in [0.1, 0.15) is 19.6 Å². The molecule has 1 aromatic heterocycles. The lowest BCUT2D eigenvalue weighted by Crippen LogP contribution is -2.51. The smallest absolute Gasteiger partial charge is 0.159 e. The largest absolute Gasteiger partial charge is 0.454 e. The van der Waals surface area contributed by atoms with Crippen LogP contribution in [0.4, 0.5) is 17.1 Å². The minimum Gasteiger partial charge on any atom is -0.454 e. The molecule has 3 aromatic carbocycles. The van der Waals surface area contributed by atoms with Gasteiger partial charge in [0, 0.05) is 16.2 Å². The average Bonchev–Trinajstić information content (AvgIpc) is 3.16. The highest BCUT2D eigenvalue weighted by Gasteiger charge is 2.39. The third kappa shape index (κ3) is 2.29. The number of benzene rings is 3. The summed E-state index contributed by atoms with van der Waals surface area (Å²) in [5.41, 5.74) is 5.53. The van der Waals surface area contributed by atoms with Crippen molar-refractivity contribution < 1.29 is 4.42 Å². The summed E-state index contributed by atoms with van der Waals surface area (Å²) in [5.74, 6) is 0. The van der Waals surface area contributed by atoms with Crippen LogP contribution in [-0.4, -0.2) is 19.5 Å². The van der Waals surface area contributed by atoms with Crippen LogP contribution in [0, 0.1) is 0 Å². The van der Waals surface area contributed by atoms with E-state index >= 15 is 0 Å². The molecular formula is C23H23BN2O. The van der Waals surface area contributed by atoms with Crippen LogP contribution in [0.25, 0.3) is 21.9 Å². The Morgan fingerprint density at radius 2 is 1.44 bits per heavy atom. The monoisotopic (exact) mass is 354 g/mol. The molecular weight excluding hydrogens is 331 g/mol. The summed E-state index contributed by atoms with van der Waals surface area (Å²) in [6, 6.07) is 23.4. The van der Waals surface area contributed by atoms with E-state index in [0.717, 1.165) is 16.9 Å². The third-order valence-corrected chi connectivity index (χ3v) is 5.51. The van der Waals surface area contributed by atoms with E-state index in [0.29, 0.717) is 0 Å². The molecule has 0 radical (unpaired) electrons. The van der Waals surface area contributed by atoms with Crippen LogP contribution in [0.15, 0.2) is 71.1 Å². The molecule has 0 spiro atoms. The number of hydrogen-bond donors (Lipinski definition) is 0. The Balaban J connectivity index is 1.78. The predicted octanol–water partition coefficient (Wildman–Crippen LogP) is 5.26. The molecule has 0 bridgehead atoms. The average molecular weight is 354 g/mol. The lowest BCUT2D eigenvalue weighted by atomic mass is 9.79. The zero-order chi connectivity index (χ0) is 18.8. The van der Waals surface area contributed by atoms with Crippen molar-refractivity contribution in [1.29, 1.82) is 0 Å². The second-order valence-electron chi connectivity index (χ2n) is 8.28. The lowest BCUT2D eigenvalue weighted by molar-refractivity contribution is 0.560. The first kappa shape index (κ1) is 16.3. The van der Waals surface area contributed by atoms with Crippen LogP contribution in [-0.2, 0) is 0 Å². The molecule has 5 rings (SSSR count). The third-order valence-electron chi connectivity index (χ3n) is 5.51. The van der Waals surface area contributed by atoms with Gasteiger partial charge in [-0.3, -0.25) is 0 Å². The zero-order valence-corrected chi connectivity index (χ0v) is 16.2. The first-order valence-electron chi connectivity index (χ1n) is 9.55. The topological polar surface area (TPSA) is 19.6 Å². The van der Waals surface area contributed by atoms with Crippen LogP contribution in [0.5, 0.6) is 0 Å². The van der Waals surface area contributed by atoms with Crippen LogP contribution in [0.1, 0.15) is 20.8 Å². The summed E-state index contributed by atoms with van der Waals surface area (Å²) in [7, 11) is 2.27. The van der Waals surface area contributed by atoms with Gasteiger partial charge < -0.3 is 14.2 Å². The Hall–Kier alpha value is -2.88. The number of fused-ring (bicyclic) bond motifs is 4. The van der Waals surface area contributed by atoms with E-state index in [2.05, 4.69) is 93.0 Å². The normalized spacial score (nSPS) is 17.1. The molecule has 0 amide bonds. The standard InChI is InChI=1S/C23H23BN2O/c1-15-25(18-11-5-6-12-19(18)26(15)23(2,3)24)20-13-8-10-17-16-9-4-7-14-21(16)27-22(17)20/h4-15H,24H2,1-3H3/t15-/m1/s1. The second kappa shape index (κ2) is 5.56. The Kier molecular flexibility index (Phi) is 3.36. The van der Waals surface area contributed by atoms with Gasteiger partial charge in [-0.05, 0) is 45.0 Å². The summed E-state index contributed by atoms with van der Waals surface area (Å²) >= 11 is 0. The van der Waals surface area contributed by atoms with E-state index in [1.165, 1.54) is 22.1 Å². The summed E-state index contributed by atoms with van der Waals surface area (Å²) in [6.45, 7) is 6.81. The molecule has 2 heterocycles. The van der Waals surface area contributed by atoms with Crippen LogP contribution in [0.3, 0.4) is 0 Å². The SMILES string of the molecule is BC(C)(C)N1c2ccccc2N(c2cccc3c2oc2ccccc23)[C@H]1C. The maximum atomic E-state index is 6.32. The molecule has 0 N–H and O–H groups in total. The predicted molar refractivity (Wildman–Crippen MR) is 117 cm³/mol. The van der Waals surface area contributed by atoms with Crippen LogP contribution < -0.4 is 9.80 Å². The molecule has 0 aliphatic carbocycles. The number of anilines is 3. The van der Waals surface area contributed by atoms with Crippen molar-refractivity contribution in [3.05, 3.63) is 66.7 Å². The van der Waals surface area contributed by atoms with E-state index < -0.39 is 0 Å². The molecule has 3 nitrogen and oxygen atoms in total. The van der Waals surface area contributed by atoms with Gasteiger partial charge >= 0.3 is 0 Å². The summed E-state index contributed by atoms with van der Waals surface area (Å²) in [6.07, 6.45) is 0.196. The van der Waals surface area contributed by atoms with Gasteiger partial charge in [0.2, 0.25) is 0 Å². The van der Waals surface area contributed by atoms with Crippen molar-refractivity contribution in [3.63, 3.8) is 0 Å². The highest BCUT2D eigenvalue weighted by Crippen LogP contribution is 2.48. The van der Waals surface area contributed by atoms with Crippen molar-refractivity contribution in [2.24, 2.45) is 0 Å². The highest BCUT2D eigenvalue weighted by atomic mass is 16.3. The fourth-order valence-corrected chi connectivity index (χ4v) is 4.56. The van der Waals surface area contributed by atoms with E-state index in [4.69, 9.17) is 4.42 Å². The van der Waals surface area contributed by atoms with Gasteiger partial charge in [0.15, 0.2) is 5.58 Å². The Morgan fingerprint density at radius 1 is 0.815 bits per heavy atom. The van der Waals surface area contributed by atoms with Gasteiger partial charge in [-0.15, -0.1) is 0 Å². The van der Waals surface area contributed by atoms with Crippen molar-refractivity contribution in [1.82, 2.24) is 0 Å². The summed E-state index contributed by atoms with van der Waals surface area (Å²) in [5, 5.41) is 2.34. The van der Waals surface area contributed by atoms with E-state index in [-0.39, 0.29) is 11.6 Å². The minimum atomic E-state index is 0.0199. The molecule has 4 heteroatoms. The Labute approximate surface area is 160 Å². The summed E-state index contributed by atoms with van der Waals surface area (Å²) in [4.78, 5) is 4.90. The number of furan rings is 1. The molecule has 27 heavy (non-hydrogen) atoms. The van der Waals surface area contributed by atoms with Gasteiger partial charge in [-0.25, -0.2) is 0 Å². The maximum Gasteiger partial charge on any atom is 0.159 e. The van der Waals surface area contributed by atoms with Gasteiger partial charge in [-0.1, -0.05) is 42.5 Å². The molecule has 1 aliphatic heterocycles. The van der Waals surface area contributed by atoms with Crippen molar-refractivity contribution >= 4 is 46.8 Å². The Morgan fingerprint density at radius 3 is 2.22 bits per heavy atom. The van der Waals surface area contributed by atoms with Gasteiger partial charge in [-0.2, -0.15) is 0 Å². The molecule has 0 fully saturated rings. The molecule has 134 valence electrons. The van der Waals surface area contributed by atoms with E-state index in [1.54, 1.807) is 0 Å².